The molecule has 0 amide bonds. The van der Waals surface area contributed by atoms with Crippen molar-refractivity contribution in [2.24, 2.45) is 0 Å². The lowest BCUT2D eigenvalue weighted by molar-refractivity contribution is -0.380. The van der Waals surface area contributed by atoms with Gasteiger partial charge in [-0.3, -0.25) is 20.4 Å². The van der Waals surface area contributed by atoms with E-state index in [1.54, 1.807) is 18.5 Å². The molecule has 96 valence electrons. The molecule has 6 nitrogen and oxygen atoms in total. The smallest absolute Gasteiger partial charge is 0.293 e. The molecule has 2 heterocycles. The van der Waals surface area contributed by atoms with Gasteiger partial charge in [-0.1, -0.05) is 11.3 Å². The van der Waals surface area contributed by atoms with E-state index in [0.29, 0.717) is 11.4 Å². The van der Waals surface area contributed by atoms with Crippen molar-refractivity contribution in [3.63, 3.8) is 0 Å². The number of nitriles is 1. The summed E-state index contributed by atoms with van der Waals surface area (Å²) in [7, 11) is 0. The van der Waals surface area contributed by atoms with Crippen molar-refractivity contribution in [3.8, 4) is 6.07 Å². The van der Waals surface area contributed by atoms with E-state index in [1.165, 1.54) is 6.07 Å². The largest absolute Gasteiger partial charge is 0.324 e. The number of hydrogen-bond donors (Lipinski definition) is 1. The zero-order valence-electron chi connectivity index (χ0n) is 9.81. The molecule has 0 aliphatic carbocycles. The zero-order chi connectivity index (χ0) is 13.7. The van der Waals surface area contributed by atoms with Gasteiger partial charge >= 0.3 is 5.00 Å². The molecule has 0 aliphatic heterocycles. The molecule has 0 aromatic carbocycles. The minimum atomic E-state index is -0.549. The summed E-state index contributed by atoms with van der Waals surface area (Å²) in [5.41, 5.74) is 1.00. The summed E-state index contributed by atoms with van der Waals surface area (Å²) >= 11 is 1.01. The summed E-state index contributed by atoms with van der Waals surface area (Å²) < 4.78 is 0. The van der Waals surface area contributed by atoms with Crippen LogP contribution in [0.3, 0.4) is 0 Å². The van der Waals surface area contributed by atoms with Gasteiger partial charge in [-0.15, -0.1) is 0 Å². The predicted octanol–water partition coefficient (Wildman–Crippen LogP) is 2.41. The molecule has 2 aromatic heterocycles. The molecule has 0 saturated carbocycles. The lowest BCUT2D eigenvalue weighted by Crippen LogP contribution is -2.18. The molecular weight excluding hydrogens is 264 g/mol. The molecule has 0 saturated heterocycles. The van der Waals surface area contributed by atoms with Gasteiger partial charge in [0.2, 0.25) is 0 Å². The number of nitro groups is 1. The van der Waals surface area contributed by atoms with Crippen molar-refractivity contribution in [1.82, 2.24) is 10.3 Å². The summed E-state index contributed by atoms with van der Waals surface area (Å²) in [5.74, 6) is 0. The van der Waals surface area contributed by atoms with E-state index in [0.717, 1.165) is 16.9 Å². The topological polar surface area (TPSA) is 91.8 Å². The molecule has 0 aliphatic rings. The lowest BCUT2D eigenvalue weighted by atomic mass is 10.2. The molecule has 1 atom stereocenters. The first kappa shape index (κ1) is 13.1. The van der Waals surface area contributed by atoms with E-state index >= 15 is 0 Å². The molecule has 2 rings (SSSR count). The van der Waals surface area contributed by atoms with Crippen LogP contribution < -0.4 is 5.32 Å². The second-order valence-electron chi connectivity index (χ2n) is 3.73. The number of nitrogens with zero attached hydrogens (tertiary/aromatic N) is 3. The number of nitrogens with one attached hydrogen (secondary N) is 1. The minimum Gasteiger partial charge on any atom is -0.293 e. The second-order valence-corrected chi connectivity index (χ2v) is 4.83. The fourth-order valence-electron chi connectivity index (χ4n) is 1.53. The summed E-state index contributed by atoms with van der Waals surface area (Å²) in [5, 5.41) is 22.8. The van der Waals surface area contributed by atoms with Crippen LogP contribution >= 0.6 is 11.3 Å². The van der Waals surface area contributed by atoms with Crippen LogP contribution in [0.1, 0.15) is 16.5 Å². The monoisotopic (exact) mass is 274 g/mol. The van der Waals surface area contributed by atoms with Gasteiger partial charge in [0.05, 0.1) is 11.0 Å². The quantitative estimate of drug-likeness (QED) is 0.667. The molecule has 0 fully saturated rings. The van der Waals surface area contributed by atoms with Gasteiger partial charge in [0, 0.05) is 29.9 Å². The summed E-state index contributed by atoms with van der Waals surface area (Å²) in [4.78, 5) is 14.7. The first-order chi connectivity index (χ1) is 9.20. The van der Waals surface area contributed by atoms with Gasteiger partial charge in [-0.2, -0.15) is 5.26 Å². The maximum Gasteiger partial charge on any atom is 0.324 e. The fourth-order valence-corrected chi connectivity index (χ4v) is 2.37. The van der Waals surface area contributed by atoms with Crippen molar-refractivity contribution in [2.45, 2.75) is 12.6 Å². The Balaban J connectivity index is 2.04. The molecule has 1 unspecified atom stereocenters. The number of pyridine rings is 1. The van der Waals surface area contributed by atoms with E-state index in [2.05, 4.69) is 16.4 Å². The molecule has 1 N–H and O–H groups in total. The number of hydrogen-bond acceptors (Lipinski definition) is 6. The first-order valence-corrected chi connectivity index (χ1v) is 6.28. The maximum absolute atomic E-state index is 10.6. The predicted molar refractivity (Wildman–Crippen MR) is 70.4 cm³/mol. The average Bonchev–Trinajstić information content (AvgIpc) is 2.90. The van der Waals surface area contributed by atoms with Gasteiger partial charge in [0.25, 0.3) is 0 Å². The SMILES string of the molecule is N#CC(NCc1ccncc1)c1ccc([N+](=O)[O-])s1. The van der Waals surface area contributed by atoms with Crippen LogP contribution in [-0.2, 0) is 6.54 Å². The van der Waals surface area contributed by atoms with Crippen LogP contribution in [0, 0.1) is 21.4 Å². The zero-order valence-corrected chi connectivity index (χ0v) is 10.6. The molecule has 0 spiro atoms. The van der Waals surface area contributed by atoms with Crippen molar-refractivity contribution in [2.75, 3.05) is 0 Å². The van der Waals surface area contributed by atoms with Gasteiger partial charge in [0.1, 0.15) is 6.04 Å². The maximum atomic E-state index is 10.6. The van der Waals surface area contributed by atoms with E-state index in [4.69, 9.17) is 5.26 Å². The van der Waals surface area contributed by atoms with Gasteiger partial charge in [-0.25, -0.2) is 0 Å². The highest BCUT2D eigenvalue weighted by Gasteiger charge is 2.17. The van der Waals surface area contributed by atoms with Crippen LogP contribution in [0.2, 0.25) is 0 Å². The fraction of sp³-hybridized carbons (Fsp3) is 0.167. The van der Waals surface area contributed by atoms with E-state index < -0.39 is 11.0 Å². The van der Waals surface area contributed by atoms with Crippen molar-refractivity contribution >= 4 is 16.3 Å². The average molecular weight is 274 g/mol. The third-order valence-electron chi connectivity index (χ3n) is 2.47. The highest BCUT2D eigenvalue weighted by atomic mass is 32.1. The van der Waals surface area contributed by atoms with E-state index in [1.807, 2.05) is 12.1 Å². The van der Waals surface area contributed by atoms with Crippen LogP contribution in [-0.4, -0.2) is 9.91 Å². The molecule has 19 heavy (non-hydrogen) atoms. The van der Waals surface area contributed by atoms with Gasteiger partial charge in [0.15, 0.2) is 0 Å². The Morgan fingerprint density at radius 2 is 2.16 bits per heavy atom. The standard InChI is InChI=1S/C12H10N4O2S/c13-7-10(11-1-2-12(19-11)16(17)18)15-8-9-3-5-14-6-4-9/h1-6,10,15H,8H2. The molecule has 7 heteroatoms. The summed E-state index contributed by atoms with van der Waals surface area (Å²) in [6, 6.07) is 8.27. The van der Waals surface area contributed by atoms with Crippen LogP contribution in [0.25, 0.3) is 0 Å². The third kappa shape index (κ3) is 3.34. The number of aromatic nitrogens is 1. The first-order valence-electron chi connectivity index (χ1n) is 5.46. The second kappa shape index (κ2) is 6.04. The molecule has 0 bridgehead atoms. The third-order valence-corrected chi connectivity index (χ3v) is 3.57. The van der Waals surface area contributed by atoms with E-state index in [-0.39, 0.29) is 5.00 Å². The highest BCUT2D eigenvalue weighted by Crippen LogP contribution is 2.28. The Bertz CT molecular complexity index is 606. The summed E-state index contributed by atoms with van der Waals surface area (Å²) in [6.07, 6.45) is 3.35. The van der Waals surface area contributed by atoms with Gasteiger partial charge in [-0.05, 0) is 23.8 Å². The number of thiophene rings is 1. The van der Waals surface area contributed by atoms with Crippen molar-refractivity contribution < 1.29 is 4.92 Å². The summed E-state index contributed by atoms with van der Waals surface area (Å²) in [6.45, 7) is 0.506. The minimum absolute atomic E-state index is 0.0426. The van der Waals surface area contributed by atoms with Crippen molar-refractivity contribution in [3.05, 3.63) is 57.2 Å². The molecular formula is C12H10N4O2S. The van der Waals surface area contributed by atoms with Crippen molar-refractivity contribution in [1.29, 1.82) is 5.26 Å². The van der Waals surface area contributed by atoms with Crippen LogP contribution in [0.4, 0.5) is 5.00 Å². The normalized spacial score (nSPS) is 11.7. The lowest BCUT2D eigenvalue weighted by Gasteiger charge is -2.08. The number of rotatable bonds is 5. The van der Waals surface area contributed by atoms with Gasteiger partial charge < -0.3 is 0 Å². The molecule has 2 aromatic rings. The van der Waals surface area contributed by atoms with Crippen LogP contribution in [0.5, 0.6) is 0 Å². The van der Waals surface area contributed by atoms with Crippen LogP contribution in [0.15, 0.2) is 36.7 Å². The Morgan fingerprint density at radius 3 is 2.74 bits per heavy atom. The Hall–Kier alpha value is -2.30. The molecule has 0 radical (unpaired) electrons. The Kier molecular flexibility index (Phi) is 4.18. The Labute approximate surface area is 113 Å². The van der Waals surface area contributed by atoms with E-state index in [9.17, 15) is 10.1 Å². The Morgan fingerprint density at radius 1 is 1.42 bits per heavy atom. The highest BCUT2D eigenvalue weighted by molar-refractivity contribution is 7.15.